The van der Waals surface area contributed by atoms with Crippen molar-refractivity contribution in [2.75, 3.05) is 26.3 Å². The summed E-state index contributed by atoms with van der Waals surface area (Å²) in [6.07, 6.45) is -23.1. The van der Waals surface area contributed by atoms with Gasteiger partial charge in [0.2, 0.25) is 0 Å². The van der Waals surface area contributed by atoms with Crippen molar-refractivity contribution in [3.63, 3.8) is 0 Å². The number of rotatable bonds is 16. The molecule has 0 amide bonds. The lowest BCUT2D eigenvalue weighted by molar-refractivity contribution is -0.207. The zero-order valence-corrected chi connectivity index (χ0v) is 70.0. The molecule has 4 unspecified atom stereocenters. The third kappa shape index (κ3) is 19.7. The highest BCUT2D eigenvalue weighted by Crippen LogP contribution is 2.60. The number of fused-ring (bicyclic) bond motifs is 4. The fourth-order valence-corrected chi connectivity index (χ4v) is 17.3. The maximum absolute atomic E-state index is 15.9. The normalized spacial score (nSPS) is 35.3. The SMILES string of the molecule is Cc1cn([C@@H]2O[C@](F)(COP3(=O)OCc4cc(F)ccc4O3)[C@@H](O)[C@H]2O)c(=O)[nH]c1=S.[2H]C([2H])(OP1(=O)OCc2cc(F)ccc2O1)[C@@]1(F)O[C@@H](n2cc(C)c(=S)[nH]c2=O)[C@H](O)[C@@H]1O.[2H]C([2H])(OP1(=O)OCc2cc(F)ccc2O1)[C@@]1(F)O[C@@]([2H])(N2C=C(C)C(=S)NC2=C)[C@H](O)[C@@H]1O.[2H][C@@]1(n2cc(C)c(=S)[nH]c2=O)O[C@](F)(COP2(=O)OCc3cc(F)ccc3O2)[C@@H](O)[C@H]1O. The molecular formula is C69H70F8N8O31P4S4. The number of aromatic nitrogens is 6. The van der Waals surface area contributed by atoms with E-state index in [0.717, 1.165) is 82.5 Å². The van der Waals surface area contributed by atoms with Gasteiger partial charge in [0.25, 0.3) is 23.4 Å². The number of phosphoric ester groups is 4. The highest BCUT2D eigenvalue weighted by atomic mass is 32.1. The molecule has 12 N–H and O–H groups in total. The summed E-state index contributed by atoms with van der Waals surface area (Å²) in [7, 11) is -18.5. The molecule has 7 aromatic rings. The van der Waals surface area contributed by atoms with Gasteiger partial charge in [-0.15, -0.1) is 0 Å². The Labute approximate surface area is 720 Å². The highest BCUT2D eigenvalue weighted by molar-refractivity contribution is 7.80. The maximum Gasteiger partial charge on any atom is 0.530 e. The first-order valence-electron chi connectivity index (χ1n) is 38.3. The third-order valence-electron chi connectivity index (χ3n) is 18.7. The smallest absolute Gasteiger partial charge is 0.404 e. The second-order valence-electron chi connectivity index (χ2n) is 27.6. The second kappa shape index (κ2) is 36.0. The Kier molecular flexibility index (Phi) is 24.8. The van der Waals surface area contributed by atoms with Crippen LogP contribution in [-0.2, 0) is 99.8 Å². The topological polar surface area (TPSA) is 506 Å². The summed E-state index contributed by atoms with van der Waals surface area (Å²) in [5.74, 6) is -16.9. The summed E-state index contributed by atoms with van der Waals surface area (Å²) in [4.78, 5) is 44.5. The number of ether oxygens (including phenoxy) is 4. The number of hydrogen-bond acceptors (Lipinski definition) is 36. The van der Waals surface area contributed by atoms with Crippen LogP contribution in [0.5, 0.6) is 23.0 Å². The van der Waals surface area contributed by atoms with Crippen molar-refractivity contribution in [3.05, 3.63) is 223 Å². The number of phosphoric acid groups is 4. The molecule has 4 saturated heterocycles. The maximum atomic E-state index is 15.9. The number of nitrogens with one attached hydrogen (secondary N) is 4. The van der Waals surface area contributed by atoms with Gasteiger partial charge in [0.15, 0.2) is 24.9 Å². The van der Waals surface area contributed by atoms with Crippen LogP contribution in [0, 0.1) is 58.0 Å². The van der Waals surface area contributed by atoms with E-state index < -0.39 is 208 Å². The number of aromatic amines is 3. The number of aliphatic hydroxyl groups is 8. The molecule has 0 radical (unpaired) electrons. The molecule has 39 nitrogen and oxygen atoms in total. The van der Waals surface area contributed by atoms with Gasteiger partial charge in [-0.25, -0.2) is 67.8 Å². The van der Waals surface area contributed by atoms with Crippen LogP contribution in [0.4, 0.5) is 35.1 Å². The summed E-state index contributed by atoms with van der Waals surface area (Å²) in [5, 5.41) is 85.1. The number of H-pyrrole nitrogens is 3. The first kappa shape index (κ1) is 85.5. The number of halogens is 8. The lowest BCUT2D eigenvalue weighted by Crippen LogP contribution is -2.47. The van der Waals surface area contributed by atoms with Crippen molar-refractivity contribution >= 4 is 85.2 Å². The van der Waals surface area contributed by atoms with Gasteiger partial charge in [-0.05, 0) is 100 Å². The number of aliphatic hydroxyl groups excluding tert-OH is 8. The predicted molar refractivity (Wildman–Crippen MR) is 412 cm³/mol. The molecule has 9 aliphatic rings. The zero-order chi connectivity index (χ0) is 95.6. The van der Waals surface area contributed by atoms with Gasteiger partial charge < -0.3 is 88.1 Å². The lowest BCUT2D eigenvalue weighted by Gasteiger charge is -2.35. The van der Waals surface area contributed by atoms with Gasteiger partial charge in [0.1, 0.15) is 146 Å². The summed E-state index contributed by atoms with van der Waals surface area (Å²) in [5.41, 5.74) is -0.462. The first-order valence-corrected chi connectivity index (χ1v) is 42.8. The number of thiocarbonyl (C=S) groups is 1. The van der Waals surface area contributed by atoms with Crippen molar-refractivity contribution in [2.45, 2.75) is 151 Å². The van der Waals surface area contributed by atoms with E-state index in [9.17, 15) is 91.1 Å². The molecule has 0 spiro atoms. The van der Waals surface area contributed by atoms with Crippen LogP contribution in [0.15, 0.2) is 130 Å². The van der Waals surface area contributed by atoms with Gasteiger partial charge in [-0.1, -0.05) is 55.5 Å². The average Bonchev–Trinajstić information content (AvgIpc) is 1.56. The van der Waals surface area contributed by atoms with Crippen LogP contribution in [0.1, 0.15) is 72.8 Å². The number of alkyl halides is 4. The molecule has 4 aromatic carbocycles. The van der Waals surface area contributed by atoms with Crippen molar-refractivity contribution in [3.8, 4) is 23.0 Å². The van der Waals surface area contributed by atoms with Crippen LogP contribution >= 0.6 is 80.2 Å². The molecule has 9 aliphatic heterocycles. The third-order valence-corrected chi connectivity index (χ3v) is 25.3. The van der Waals surface area contributed by atoms with E-state index >= 15 is 17.6 Å². The van der Waals surface area contributed by atoms with Crippen LogP contribution in [-0.4, -0.2) is 184 Å². The van der Waals surface area contributed by atoms with Crippen LogP contribution in [0.25, 0.3) is 0 Å². The van der Waals surface area contributed by atoms with E-state index in [1.807, 2.05) is 0 Å². The molecule has 0 saturated carbocycles. The molecule has 20 atom stereocenters. The van der Waals surface area contributed by atoms with Gasteiger partial charge >= 0.3 is 48.4 Å². The second-order valence-corrected chi connectivity index (χ2v) is 35.4. The quantitative estimate of drug-likeness (QED) is 0.0246. The highest BCUT2D eigenvalue weighted by Gasteiger charge is 2.62. The standard InChI is InChI=1S/C18H19F2N2O7PS.3C17H17F2N2O8PS/c1-9-6-22(10(2)21-16(9)31)17-14(23)15(24)18(20,28-17)8-27-30(25)26-7-11-5-12(19)3-4-13(11)29-30;3*1-8-5-21(16(24)20-14(8)31)15-12(22)13(23)17(19,28-15)7-27-30(25)26-6-9-4-10(18)2-3-11(9)29-30/h3-6,14-15,17,23-24H,2,7-8H2,1H3,(H,21,31);3*2-5,12-13,15,22-23H,6-7H2,1H3,(H,20,24,31)/t14-,15+,17-,18-,30?;3*12-,13+,15-,17-,30?/m1111/s1/i8D2,17D;15D;7D2;. The van der Waals surface area contributed by atoms with Gasteiger partial charge in [-0.2, -0.15) is 0 Å². The first-order chi connectivity index (χ1) is 60.3. The summed E-state index contributed by atoms with van der Waals surface area (Å²) >= 11 is 19.8. The fraction of sp³-hybridized carbons (Fsp3) is 0.406. The van der Waals surface area contributed by atoms with Crippen molar-refractivity contribution < 1.29 is 176 Å². The van der Waals surface area contributed by atoms with Crippen LogP contribution in [0.2, 0.25) is 0 Å². The molecule has 0 aliphatic carbocycles. The van der Waals surface area contributed by atoms with Gasteiger partial charge in [0, 0.05) is 69.3 Å². The molecule has 12 heterocycles. The van der Waals surface area contributed by atoms with E-state index in [4.69, 9.17) is 126 Å². The Morgan fingerprint density at radius 2 is 0.766 bits per heavy atom. The molecule has 3 aromatic heterocycles. The Morgan fingerprint density at radius 1 is 0.468 bits per heavy atom. The molecule has 672 valence electrons. The molecule has 0 bridgehead atoms. The summed E-state index contributed by atoms with van der Waals surface area (Å²) < 4.78 is 297. The molecule has 16 rings (SSSR count). The molecule has 124 heavy (non-hydrogen) atoms. The summed E-state index contributed by atoms with van der Waals surface area (Å²) in [6, 6.07) is 12.9. The largest absolute Gasteiger partial charge is 0.530 e. The zero-order valence-electron chi connectivity index (χ0n) is 69.2. The Morgan fingerprint density at radius 3 is 1.15 bits per heavy atom. The van der Waals surface area contributed by atoms with Crippen molar-refractivity contribution in [2.24, 2.45) is 0 Å². The van der Waals surface area contributed by atoms with E-state index in [-0.39, 0.29) is 83.2 Å². The minimum absolute atomic E-state index is 0.0155. The van der Waals surface area contributed by atoms with E-state index in [0.29, 0.717) is 31.4 Å². The van der Waals surface area contributed by atoms with E-state index in [1.54, 1.807) is 6.92 Å². The lowest BCUT2D eigenvalue weighted by atomic mass is 10.1. The van der Waals surface area contributed by atoms with Gasteiger partial charge in [-0.3, -0.25) is 64.8 Å². The van der Waals surface area contributed by atoms with E-state index in [1.165, 1.54) is 45.3 Å². The fourth-order valence-electron chi connectivity index (χ4n) is 12.0. The summed E-state index contributed by atoms with van der Waals surface area (Å²) in [6.45, 7) is -1.97. The minimum atomic E-state index is -4.87. The predicted octanol–water partition coefficient (Wildman–Crippen LogP) is 8.22. The number of aryl methyl sites for hydroxylation is 3. The number of benzene rings is 4. The van der Waals surface area contributed by atoms with Crippen molar-refractivity contribution in [1.82, 2.24) is 38.9 Å². The van der Waals surface area contributed by atoms with Crippen molar-refractivity contribution in [1.29, 1.82) is 0 Å². The van der Waals surface area contributed by atoms with Crippen LogP contribution < -0.4 is 40.5 Å². The minimum Gasteiger partial charge on any atom is -0.404 e. The monoisotopic (exact) mass is 1920 g/mol. The Hall–Kier alpha value is -7.89. The molecule has 55 heteroatoms. The molecular weight excluding hydrogens is 1840 g/mol. The van der Waals surface area contributed by atoms with Crippen LogP contribution in [0.3, 0.4) is 0 Å². The Balaban J connectivity index is 0.000000148. The number of hydrogen-bond donors (Lipinski definition) is 12. The van der Waals surface area contributed by atoms with E-state index in [2.05, 4.69) is 31.4 Å². The Bertz CT molecular complexity index is 6350. The molecule has 4 fully saturated rings. The van der Waals surface area contributed by atoms with Gasteiger partial charge in [0.05, 0.1) is 34.7 Å². The average molecular weight is 1920 g/mol. The number of nitrogens with zero attached hydrogens (tertiary/aromatic N) is 4.